The first-order chi connectivity index (χ1) is 9.33. The highest BCUT2D eigenvalue weighted by atomic mass is 16.5. The predicted molar refractivity (Wildman–Crippen MR) is 71.3 cm³/mol. The zero-order valence-electron chi connectivity index (χ0n) is 10.7. The summed E-state index contributed by atoms with van der Waals surface area (Å²) in [5, 5.41) is 8.95. The van der Waals surface area contributed by atoms with E-state index in [0.717, 1.165) is 12.2 Å². The summed E-state index contributed by atoms with van der Waals surface area (Å²) in [5.74, 6) is 1.74. The zero-order valence-corrected chi connectivity index (χ0v) is 10.7. The van der Waals surface area contributed by atoms with E-state index in [2.05, 4.69) is 11.9 Å². The molecule has 0 aliphatic rings. The van der Waals surface area contributed by atoms with E-state index in [9.17, 15) is 0 Å². The van der Waals surface area contributed by atoms with E-state index < -0.39 is 0 Å². The number of aromatic nitrogens is 1. The normalized spacial score (nSPS) is 9.68. The molecule has 19 heavy (non-hydrogen) atoms. The monoisotopic (exact) mass is 254 g/mol. The molecule has 0 amide bonds. The molecule has 0 bridgehead atoms. The third-order valence-electron chi connectivity index (χ3n) is 2.40. The summed E-state index contributed by atoms with van der Waals surface area (Å²) in [5.41, 5.74) is 0.411. The van der Waals surface area contributed by atoms with E-state index >= 15 is 0 Å². The minimum atomic E-state index is 0.312. The molecule has 2 aromatic rings. The van der Waals surface area contributed by atoms with Gasteiger partial charge in [0.1, 0.15) is 23.1 Å². The van der Waals surface area contributed by atoms with Gasteiger partial charge in [-0.15, -0.1) is 0 Å². The van der Waals surface area contributed by atoms with Gasteiger partial charge in [0, 0.05) is 6.20 Å². The molecule has 0 saturated carbocycles. The van der Waals surface area contributed by atoms with Gasteiger partial charge < -0.3 is 9.47 Å². The van der Waals surface area contributed by atoms with Gasteiger partial charge in [-0.05, 0) is 42.8 Å². The number of nitrogens with zero attached hydrogens (tertiary/aromatic N) is 2. The Hall–Kier alpha value is -2.54. The Morgan fingerprint density at radius 3 is 2.58 bits per heavy atom. The molecule has 0 atom stereocenters. The third-order valence-corrected chi connectivity index (χ3v) is 2.40. The quantitative estimate of drug-likeness (QED) is 0.819. The molecule has 0 radical (unpaired) electrons. The average Bonchev–Trinajstić information content (AvgIpc) is 2.47. The molecule has 0 N–H and O–H groups in total. The van der Waals surface area contributed by atoms with Gasteiger partial charge in [0.2, 0.25) is 5.88 Å². The molecular weight excluding hydrogens is 240 g/mol. The number of benzene rings is 1. The fourth-order valence-electron chi connectivity index (χ4n) is 1.49. The number of pyridine rings is 1. The maximum Gasteiger partial charge on any atom is 0.237 e. The van der Waals surface area contributed by atoms with Gasteiger partial charge in [0.25, 0.3) is 0 Å². The lowest BCUT2D eigenvalue weighted by atomic mass is 10.3. The smallest absolute Gasteiger partial charge is 0.237 e. The highest BCUT2D eigenvalue weighted by Gasteiger charge is 2.05. The molecule has 4 nitrogen and oxygen atoms in total. The van der Waals surface area contributed by atoms with Crippen LogP contribution in [-0.2, 0) is 0 Å². The molecule has 1 heterocycles. The van der Waals surface area contributed by atoms with Gasteiger partial charge in [-0.2, -0.15) is 5.26 Å². The van der Waals surface area contributed by atoms with E-state index in [1.807, 2.05) is 18.2 Å². The fourth-order valence-corrected chi connectivity index (χ4v) is 1.49. The first-order valence-electron chi connectivity index (χ1n) is 6.09. The molecule has 4 heteroatoms. The van der Waals surface area contributed by atoms with Crippen LogP contribution in [0.25, 0.3) is 0 Å². The number of rotatable bonds is 5. The molecular formula is C15H14N2O2. The van der Waals surface area contributed by atoms with Gasteiger partial charge in [-0.25, -0.2) is 4.98 Å². The summed E-state index contributed by atoms with van der Waals surface area (Å²) in [7, 11) is 0. The Kier molecular flexibility index (Phi) is 4.35. The van der Waals surface area contributed by atoms with Crippen molar-refractivity contribution in [2.24, 2.45) is 0 Å². The van der Waals surface area contributed by atoms with Gasteiger partial charge in [-0.3, -0.25) is 0 Å². The Labute approximate surface area is 112 Å². The van der Waals surface area contributed by atoms with Gasteiger partial charge in [0.15, 0.2) is 0 Å². The summed E-state index contributed by atoms with van der Waals surface area (Å²) >= 11 is 0. The van der Waals surface area contributed by atoms with Crippen LogP contribution in [0.1, 0.15) is 18.9 Å². The highest BCUT2D eigenvalue weighted by Crippen LogP contribution is 2.24. The minimum Gasteiger partial charge on any atom is -0.494 e. The highest BCUT2D eigenvalue weighted by molar-refractivity contribution is 5.41. The molecule has 1 aromatic heterocycles. The van der Waals surface area contributed by atoms with E-state index in [0.29, 0.717) is 23.8 Å². The molecule has 96 valence electrons. The van der Waals surface area contributed by atoms with Crippen molar-refractivity contribution in [2.75, 3.05) is 6.61 Å². The average molecular weight is 254 g/mol. The molecule has 0 spiro atoms. The van der Waals surface area contributed by atoms with Crippen molar-refractivity contribution in [3.63, 3.8) is 0 Å². The van der Waals surface area contributed by atoms with E-state index in [1.54, 1.807) is 30.5 Å². The van der Waals surface area contributed by atoms with Crippen LogP contribution in [0.5, 0.6) is 17.4 Å². The Morgan fingerprint density at radius 2 is 1.89 bits per heavy atom. The molecule has 0 aliphatic heterocycles. The summed E-state index contributed by atoms with van der Waals surface area (Å²) in [6, 6.07) is 12.7. The van der Waals surface area contributed by atoms with Crippen LogP contribution in [0, 0.1) is 11.3 Å². The maximum absolute atomic E-state index is 8.95. The minimum absolute atomic E-state index is 0.312. The second-order valence-corrected chi connectivity index (χ2v) is 3.89. The van der Waals surface area contributed by atoms with Crippen LogP contribution in [-0.4, -0.2) is 11.6 Å². The van der Waals surface area contributed by atoms with Crippen LogP contribution in [0.4, 0.5) is 0 Å². The summed E-state index contributed by atoms with van der Waals surface area (Å²) in [6.45, 7) is 2.75. The lowest BCUT2D eigenvalue weighted by Crippen LogP contribution is -1.95. The second kappa shape index (κ2) is 6.41. The Bertz CT molecular complexity index is 573. The Morgan fingerprint density at radius 1 is 1.16 bits per heavy atom. The van der Waals surface area contributed by atoms with Crippen molar-refractivity contribution in [1.82, 2.24) is 4.98 Å². The SMILES string of the molecule is CCCOc1ccc(Oc2ncccc2C#N)cc1. The van der Waals surface area contributed by atoms with Gasteiger partial charge in [-0.1, -0.05) is 6.92 Å². The first kappa shape index (κ1) is 12.9. The van der Waals surface area contributed by atoms with Crippen molar-refractivity contribution in [1.29, 1.82) is 5.26 Å². The van der Waals surface area contributed by atoms with E-state index in [1.165, 1.54) is 0 Å². The number of nitriles is 1. The number of ether oxygens (including phenoxy) is 2. The lowest BCUT2D eigenvalue weighted by molar-refractivity contribution is 0.317. The standard InChI is InChI=1S/C15H14N2O2/c1-2-10-18-13-5-7-14(8-6-13)19-15-12(11-16)4-3-9-17-15/h3-9H,2,10H2,1H3. The van der Waals surface area contributed by atoms with Gasteiger partial charge in [0.05, 0.1) is 6.61 Å². The molecule has 0 fully saturated rings. The van der Waals surface area contributed by atoms with E-state index in [-0.39, 0.29) is 0 Å². The third kappa shape index (κ3) is 3.46. The van der Waals surface area contributed by atoms with Crippen LogP contribution >= 0.6 is 0 Å². The predicted octanol–water partition coefficient (Wildman–Crippen LogP) is 3.53. The second-order valence-electron chi connectivity index (χ2n) is 3.89. The van der Waals surface area contributed by atoms with Crippen molar-refractivity contribution < 1.29 is 9.47 Å². The first-order valence-corrected chi connectivity index (χ1v) is 6.09. The van der Waals surface area contributed by atoms with Crippen LogP contribution in [0.3, 0.4) is 0 Å². The maximum atomic E-state index is 8.95. The molecule has 1 aromatic carbocycles. The molecule has 0 saturated heterocycles. The van der Waals surface area contributed by atoms with Crippen LogP contribution in [0.2, 0.25) is 0 Å². The largest absolute Gasteiger partial charge is 0.494 e. The van der Waals surface area contributed by atoms with Crippen molar-refractivity contribution >= 4 is 0 Å². The fraction of sp³-hybridized carbons (Fsp3) is 0.200. The topological polar surface area (TPSA) is 55.1 Å². The van der Waals surface area contributed by atoms with Crippen LogP contribution < -0.4 is 9.47 Å². The van der Waals surface area contributed by atoms with E-state index in [4.69, 9.17) is 14.7 Å². The van der Waals surface area contributed by atoms with Crippen molar-refractivity contribution in [2.45, 2.75) is 13.3 Å². The lowest BCUT2D eigenvalue weighted by Gasteiger charge is -2.07. The van der Waals surface area contributed by atoms with Crippen LogP contribution in [0.15, 0.2) is 42.6 Å². The number of hydrogen-bond donors (Lipinski definition) is 0. The van der Waals surface area contributed by atoms with Crippen molar-refractivity contribution in [3.8, 4) is 23.4 Å². The summed E-state index contributed by atoms with van der Waals surface area (Å²) in [4.78, 5) is 4.04. The summed E-state index contributed by atoms with van der Waals surface area (Å²) in [6.07, 6.45) is 2.56. The molecule has 2 rings (SSSR count). The molecule has 0 unspecified atom stereocenters. The van der Waals surface area contributed by atoms with Crippen molar-refractivity contribution in [3.05, 3.63) is 48.2 Å². The Balaban J connectivity index is 2.09. The summed E-state index contributed by atoms with van der Waals surface area (Å²) < 4.78 is 11.1. The zero-order chi connectivity index (χ0) is 13.5. The number of hydrogen-bond acceptors (Lipinski definition) is 4. The van der Waals surface area contributed by atoms with Gasteiger partial charge >= 0.3 is 0 Å². The molecule has 0 aliphatic carbocycles.